The van der Waals surface area contributed by atoms with Crippen molar-refractivity contribution < 1.29 is 4.39 Å². The Morgan fingerprint density at radius 2 is 2.04 bits per heavy atom. The second-order valence-corrected chi connectivity index (χ2v) is 6.45. The van der Waals surface area contributed by atoms with E-state index >= 15 is 0 Å². The molecule has 0 unspecified atom stereocenters. The van der Waals surface area contributed by atoms with Crippen molar-refractivity contribution in [2.45, 2.75) is 39.7 Å². The highest BCUT2D eigenvalue weighted by molar-refractivity contribution is 5.79. The van der Waals surface area contributed by atoms with Crippen LogP contribution in [0.1, 0.15) is 30.9 Å². The van der Waals surface area contributed by atoms with Crippen molar-refractivity contribution in [3.8, 4) is 0 Å². The van der Waals surface area contributed by atoms with Gasteiger partial charge in [0.2, 0.25) is 5.56 Å². The number of rotatable bonds is 9. The fourth-order valence-corrected chi connectivity index (χ4v) is 2.83. The van der Waals surface area contributed by atoms with Crippen LogP contribution in [0.5, 0.6) is 0 Å². The predicted molar refractivity (Wildman–Crippen MR) is 109 cm³/mol. The lowest BCUT2D eigenvalue weighted by molar-refractivity contribution is 0.597. The van der Waals surface area contributed by atoms with E-state index in [1.807, 2.05) is 32.2 Å². The molecule has 2 rings (SSSR count). The summed E-state index contributed by atoms with van der Waals surface area (Å²) in [5, 5.41) is 6.55. The van der Waals surface area contributed by atoms with Crippen molar-refractivity contribution in [2.75, 3.05) is 19.6 Å². The number of nitrogens with zero attached hydrogens (tertiary/aromatic N) is 2. The average Bonchev–Trinajstić information content (AvgIpc) is 2.64. The molecular formula is C21H29FN4O. The fraction of sp³-hybridized carbons (Fsp3) is 0.429. The Hall–Kier alpha value is -2.63. The van der Waals surface area contributed by atoms with Gasteiger partial charge in [-0.15, -0.1) is 0 Å². The molecule has 0 saturated carbocycles. The van der Waals surface area contributed by atoms with Gasteiger partial charge >= 0.3 is 0 Å². The van der Waals surface area contributed by atoms with Crippen molar-refractivity contribution >= 4 is 5.96 Å². The van der Waals surface area contributed by atoms with Gasteiger partial charge in [0.15, 0.2) is 5.96 Å². The van der Waals surface area contributed by atoms with E-state index in [1.165, 1.54) is 6.07 Å². The Kier molecular flexibility index (Phi) is 8.55. The topological polar surface area (TPSA) is 58.4 Å². The summed E-state index contributed by atoms with van der Waals surface area (Å²) in [6.45, 7) is 6.90. The number of hydrogen-bond donors (Lipinski definition) is 2. The highest BCUT2D eigenvalue weighted by atomic mass is 19.1. The molecule has 0 radical (unpaired) electrons. The quantitative estimate of drug-likeness (QED) is 0.404. The van der Waals surface area contributed by atoms with E-state index in [9.17, 15) is 9.18 Å². The molecule has 0 fully saturated rings. The summed E-state index contributed by atoms with van der Waals surface area (Å²) in [5.74, 6) is 0.589. The van der Waals surface area contributed by atoms with Gasteiger partial charge in [-0.3, -0.25) is 9.79 Å². The first-order chi connectivity index (χ1) is 13.1. The number of pyridine rings is 1. The first-order valence-electron chi connectivity index (χ1n) is 9.53. The number of benzene rings is 1. The van der Waals surface area contributed by atoms with Gasteiger partial charge in [0.1, 0.15) is 5.82 Å². The second-order valence-electron chi connectivity index (χ2n) is 6.45. The van der Waals surface area contributed by atoms with Crippen LogP contribution in [0.4, 0.5) is 4.39 Å². The Morgan fingerprint density at radius 3 is 2.78 bits per heavy atom. The number of aromatic nitrogens is 1. The van der Waals surface area contributed by atoms with Crippen molar-refractivity contribution in [2.24, 2.45) is 4.99 Å². The number of halogens is 1. The third-order valence-corrected chi connectivity index (χ3v) is 4.31. The van der Waals surface area contributed by atoms with Crippen LogP contribution in [0.3, 0.4) is 0 Å². The zero-order valence-corrected chi connectivity index (χ0v) is 16.2. The number of aryl methyl sites for hydroxylation is 2. The molecule has 0 aliphatic heterocycles. The number of aliphatic imine (C=N–C) groups is 1. The van der Waals surface area contributed by atoms with Gasteiger partial charge < -0.3 is 15.2 Å². The van der Waals surface area contributed by atoms with E-state index in [4.69, 9.17) is 0 Å². The van der Waals surface area contributed by atoms with Crippen LogP contribution in [0.15, 0.2) is 52.4 Å². The molecule has 0 aliphatic rings. The van der Waals surface area contributed by atoms with E-state index in [2.05, 4.69) is 15.6 Å². The minimum absolute atomic E-state index is 0.0343. The molecule has 5 nitrogen and oxygen atoms in total. The molecule has 0 saturated heterocycles. The highest BCUT2D eigenvalue weighted by Crippen LogP contribution is 2.10. The monoisotopic (exact) mass is 372 g/mol. The molecule has 6 heteroatoms. The summed E-state index contributed by atoms with van der Waals surface area (Å²) in [6.07, 6.45) is 4.44. The maximum absolute atomic E-state index is 13.2. The van der Waals surface area contributed by atoms with Crippen LogP contribution < -0.4 is 16.2 Å². The Morgan fingerprint density at radius 1 is 1.19 bits per heavy atom. The lowest BCUT2D eigenvalue weighted by atomic mass is 10.1. The van der Waals surface area contributed by atoms with Crippen LogP contribution in [-0.2, 0) is 13.0 Å². The highest BCUT2D eigenvalue weighted by Gasteiger charge is 2.02. The normalized spacial score (nSPS) is 11.4. The molecule has 27 heavy (non-hydrogen) atoms. The molecule has 1 heterocycles. The van der Waals surface area contributed by atoms with E-state index in [0.717, 1.165) is 49.4 Å². The molecule has 2 N–H and O–H groups in total. The molecule has 2 aromatic rings. The summed E-state index contributed by atoms with van der Waals surface area (Å²) in [7, 11) is 0. The zero-order chi connectivity index (χ0) is 19.5. The summed E-state index contributed by atoms with van der Waals surface area (Å²) < 4.78 is 14.9. The van der Waals surface area contributed by atoms with Crippen molar-refractivity contribution in [3.05, 3.63) is 69.9 Å². The first kappa shape index (κ1) is 20.7. The second kappa shape index (κ2) is 11.2. The molecule has 0 spiro atoms. The van der Waals surface area contributed by atoms with Gasteiger partial charge in [-0.25, -0.2) is 4.39 Å². The maximum Gasteiger partial charge on any atom is 0.250 e. The van der Waals surface area contributed by atoms with Crippen LogP contribution in [0, 0.1) is 12.7 Å². The van der Waals surface area contributed by atoms with Crippen LogP contribution in [0.2, 0.25) is 0 Å². The number of hydrogen-bond acceptors (Lipinski definition) is 2. The SMILES string of the molecule is CCNC(=NCCCCn1ccccc1=O)NCCc1ccc(F)cc1C. The first-order valence-corrected chi connectivity index (χ1v) is 9.53. The number of nitrogens with one attached hydrogen (secondary N) is 2. The molecule has 0 atom stereocenters. The van der Waals surface area contributed by atoms with Crippen LogP contribution in [0.25, 0.3) is 0 Å². The third-order valence-electron chi connectivity index (χ3n) is 4.31. The zero-order valence-electron chi connectivity index (χ0n) is 16.2. The predicted octanol–water partition coefficient (Wildman–Crippen LogP) is 2.87. The van der Waals surface area contributed by atoms with Gasteiger partial charge in [-0.1, -0.05) is 12.1 Å². The van der Waals surface area contributed by atoms with Crippen molar-refractivity contribution in [1.29, 1.82) is 0 Å². The molecule has 0 amide bonds. The van der Waals surface area contributed by atoms with E-state index in [-0.39, 0.29) is 11.4 Å². The number of unbranched alkanes of at least 4 members (excludes halogenated alkanes) is 1. The Balaban J connectivity index is 1.74. The molecular weight excluding hydrogens is 343 g/mol. The summed E-state index contributed by atoms with van der Waals surface area (Å²) >= 11 is 0. The molecule has 1 aromatic heterocycles. The Bertz CT molecular complexity index is 801. The Labute approximate surface area is 160 Å². The van der Waals surface area contributed by atoms with E-state index < -0.39 is 0 Å². The average molecular weight is 372 g/mol. The van der Waals surface area contributed by atoms with Crippen LogP contribution in [-0.4, -0.2) is 30.2 Å². The molecule has 0 bridgehead atoms. The number of guanidine groups is 1. The maximum atomic E-state index is 13.2. The van der Waals surface area contributed by atoms with Crippen molar-refractivity contribution in [3.63, 3.8) is 0 Å². The van der Waals surface area contributed by atoms with Gasteiger partial charge in [0.25, 0.3) is 0 Å². The smallest absolute Gasteiger partial charge is 0.250 e. The van der Waals surface area contributed by atoms with E-state index in [0.29, 0.717) is 13.1 Å². The van der Waals surface area contributed by atoms with E-state index in [1.54, 1.807) is 22.8 Å². The molecule has 0 aliphatic carbocycles. The fourth-order valence-electron chi connectivity index (χ4n) is 2.83. The minimum atomic E-state index is -0.197. The lowest BCUT2D eigenvalue weighted by Gasteiger charge is -2.12. The summed E-state index contributed by atoms with van der Waals surface area (Å²) in [6, 6.07) is 10.1. The molecule has 146 valence electrons. The van der Waals surface area contributed by atoms with Gasteiger partial charge in [0, 0.05) is 38.4 Å². The third kappa shape index (κ3) is 7.25. The lowest BCUT2D eigenvalue weighted by Crippen LogP contribution is -2.38. The largest absolute Gasteiger partial charge is 0.357 e. The van der Waals surface area contributed by atoms with Crippen molar-refractivity contribution in [1.82, 2.24) is 15.2 Å². The summed E-state index contributed by atoms with van der Waals surface area (Å²) in [5.41, 5.74) is 2.13. The minimum Gasteiger partial charge on any atom is -0.357 e. The van der Waals surface area contributed by atoms with Gasteiger partial charge in [-0.05, 0) is 62.4 Å². The van der Waals surface area contributed by atoms with Gasteiger partial charge in [-0.2, -0.15) is 0 Å². The van der Waals surface area contributed by atoms with Crippen LogP contribution >= 0.6 is 0 Å². The van der Waals surface area contributed by atoms with Gasteiger partial charge in [0.05, 0.1) is 0 Å². The molecule has 1 aromatic carbocycles. The summed E-state index contributed by atoms with van der Waals surface area (Å²) in [4.78, 5) is 16.2. The standard InChI is InChI=1S/C21H29FN4O/c1-3-23-21(25-13-11-18-9-10-19(22)16-17(18)2)24-12-5-7-15-26-14-6-4-8-20(26)27/h4,6,8-10,14,16H,3,5,7,11-13,15H2,1-2H3,(H2,23,24,25).